The summed E-state index contributed by atoms with van der Waals surface area (Å²) >= 11 is 6.07. The molecule has 0 aliphatic carbocycles. The minimum Gasteiger partial charge on any atom is -0.350 e. The number of nitrogens with two attached hydrogens (primary N) is 1. The standard InChI is InChI=1S/C17H15ClFN3O/c18-10-5-6-14-12(9-10)15(11-3-1-2-4-13(11)19)16(22-14)17(23)21-8-7-20/h1-6,9,22H,7-8,20H2,(H,21,23). The number of benzene rings is 2. The third-order valence-corrected chi connectivity index (χ3v) is 3.80. The molecule has 0 saturated heterocycles. The zero-order chi connectivity index (χ0) is 16.4. The Hall–Kier alpha value is -2.37. The fourth-order valence-corrected chi connectivity index (χ4v) is 2.72. The molecule has 4 nitrogen and oxygen atoms in total. The highest BCUT2D eigenvalue weighted by Crippen LogP contribution is 2.35. The van der Waals surface area contributed by atoms with Crippen LogP contribution >= 0.6 is 11.6 Å². The average Bonchev–Trinajstić information content (AvgIpc) is 2.91. The van der Waals surface area contributed by atoms with Gasteiger partial charge in [0.05, 0.1) is 0 Å². The van der Waals surface area contributed by atoms with E-state index in [9.17, 15) is 9.18 Å². The number of aromatic nitrogens is 1. The molecule has 0 atom stereocenters. The number of H-pyrrole nitrogens is 1. The molecular formula is C17H15ClFN3O. The van der Waals surface area contributed by atoms with Crippen molar-refractivity contribution in [3.63, 3.8) is 0 Å². The number of nitrogens with one attached hydrogen (secondary N) is 2. The van der Waals surface area contributed by atoms with Crippen molar-refractivity contribution in [1.29, 1.82) is 0 Å². The first-order chi connectivity index (χ1) is 11.1. The first kappa shape index (κ1) is 15.5. The summed E-state index contributed by atoms with van der Waals surface area (Å²) in [5.41, 5.74) is 7.27. The monoisotopic (exact) mass is 331 g/mol. The van der Waals surface area contributed by atoms with E-state index in [-0.39, 0.29) is 5.91 Å². The van der Waals surface area contributed by atoms with Gasteiger partial charge in [0.25, 0.3) is 5.91 Å². The predicted octanol–water partition coefficient (Wildman–Crippen LogP) is 3.32. The summed E-state index contributed by atoms with van der Waals surface area (Å²) in [5.74, 6) is -0.734. The van der Waals surface area contributed by atoms with Crippen LogP contribution in [0.5, 0.6) is 0 Å². The molecule has 3 aromatic rings. The zero-order valence-electron chi connectivity index (χ0n) is 12.2. The summed E-state index contributed by atoms with van der Waals surface area (Å²) in [7, 11) is 0. The minimum absolute atomic E-state index is 0.292. The van der Waals surface area contributed by atoms with Crippen molar-refractivity contribution in [3.8, 4) is 11.1 Å². The Morgan fingerprint density at radius 1 is 1.26 bits per heavy atom. The number of halogens is 2. The van der Waals surface area contributed by atoms with E-state index < -0.39 is 5.82 Å². The maximum absolute atomic E-state index is 14.3. The molecule has 0 fully saturated rings. The van der Waals surface area contributed by atoms with Crippen LogP contribution in [0.1, 0.15) is 10.5 Å². The first-order valence-electron chi connectivity index (χ1n) is 7.16. The molecule has 0 aliphatic rings. The van der Waals surface area contributed by atoms with Crippen molar-refractivity contribution >= 4 is 28.4 Å². The van der Waals surface area contributed by atoms with E-state index in [0.29, 0.717) is 45.8 Å². The van der Waals surface area contributed by atoms with Crippen LogP contribution in [-0.4, -0.2) is 24.0 Å². The van der Waals surface area contributed by atoms with Crippen molar-refractivity contribution in [2.75, 3.05) is 13.1 Å². The van der Waals surface area contributed by atoms with Gasteiger partial charge in [-0.3, -0.25) is 4.79 Å². The third kappa shape index (κ3) is 2.93. The Morgan fingerprint density at radius 3 is 2.78 bits per heavy atom. The molecule has 0 saturated carbocycles. The van der Waals surface area contributed by atoms with E-state index in [1.165, 1.54) is 6.07 Å². The second-order valence-corrected chi connectivity index (χ2v) is 5.53. The Bertz CT molecular complexity index is 875. The Kier molecular flexibility index (Phi) is 4.32. The summed E-state index contributed by atoms with van der Waals surface area (Å²) in [5, 5.41) is 3.91. The van der Waals surface area contributed by atoms with E-state index in [1.807, 2.05) is 0 Å². The fraction of sp³-hybridized carbons (Fsp3) is 0.118. The molecule has 23 heavy (non-hydrogen) atoms. The Morgan fingerprint density at radius 2 is 2.04 bits per heavy atom. The molecule has 4 N–H and O–H groups in total. The number of aromatic amines is 1. The van der Waals surface area contributed by atoms with Gasteiger partial charge in [0, 0.05) is 40.1 Å². The smallest absolute Gasteiger partial charge is 0.268 e. The lowest BCUT2D eigenvalue weighted by molar-refractivity contribution is 0.0951. The SMILES string of the molecule is NCCNC(=O)c1[nH]c2ccc(Cl)cc2c1-c1ccccc1F. The van der Waals surface area contributed by atoms with Gasteiger partial charge in [0.2, 0.25) is 0 Å². The zero-order valence-corrected chi connectivity index (χ0v) is 13.0. The molecule has 2 aromatic carbocycles. The minimum atomic E-state index is -0.402. The van der Waals surface area contributed by atoms with Crippen LogP contribution in [0.15, 0.2) is 42.5 Å². The summed E-state index contributed by atoms with van der Waals surface area (Å²) in [6, 6.07) is 11.5. The highest BCUT2D eigenvalue weighted by atomic mass is 35.5. The highest BCUT2D eigenvalue weighted by molar-refractivity contribution is 6.31. The van der Waals surface area contributed by atoms with Crippen LogP contribution < -0.4 is 11.1 Å². The number of hydrogen-bond acceptors (Lipinski definition) is 2. The van der Waals surface area contributed by atoms with Crippen LogP contribution in [0.25, 0.3) is 22.0 Å². The lowest BCUT2D eigenvalue weighted by Gasteiger charge is -2.07. The lowest BCUT2D eigenvalue weighted by Crippen LogP contribution is -2.29. The maximum Gasteiger partial charge on any atom is 0.268 e. The van der Waals surface area contributed by atoms with E-state index in [0.717, 1.165) is 0 Å². The van der Waals surface area contributed by atoms with Crippen molar-refractivity contribution in [1.82, 2.24) is 10.3 Å². The number of carbonyl (C=O) groups excluding carboxylic acids is 1. The highest BCUT2D eigenvalue weighted by Gasteiger charge is 2.21. The molecule has 3 rings (SSSR count). The molecule has 6 heteroatoms. The number of amides is 1. The average molecular weight is 332 g/mol. The summed E-state index contributed by atoms with van der Waals surface area (Å²) in [6.45, 7) is 0.665. The number of fused-ring (bicyclic) bond motifs is 1. The Labute approximate surface area is 137 Å². The van der Waals surface area contributed by atoms with Crippen molar-refractivity contribution < 1.29 is 9.18 Å². The number of hydrogen-bond donors (Lipinski definition) is 3. The molecule has 0 bridgehead atoms. The van der Waals surface area contributed by atoms with Gasteiger partial charge in [0.15, 0.2) is 0 Å². The summed E-state index contributed by atoms with van der Waals surface area (Å²) in [4.78, 5) is 15.5. The summed E-state index contributed by atoms with van der Waals surface area (Å²) < 4.78 is 14.3. The van der Waals surface area contributed by atoms with Gasteiger partial charge >= 0.3 is 0 Å². The summed E-state index contributed by atoms with van der Waals surface area (Å²) in [6.07, 6.45) is 0. The quantitative estimate of drug-likeness (QED) is 0.686. The van der Waals surface area contributed by atoms with Crippen molar-refractivity contribution in [2.24, 2.45) is 5.73 Å². The van der Waals surface area contributed by atoms with Crippen LogP contribution in [-0.2, 0) is 0 Å². The predicted molar refractivity (Wildman–Crippen MR) is 90.1 cm³/mol. The molecule has 118 valence electrons. The molecule has 1 amide bonds. The molecule has 1 heterocycles. The van der Waals surface area contributed by atoms with Crippen LogP contribution in [0, 0.1) is 5.82 Å². The van der Waals surface area contributed by atoms with Crippen LogP contribution in [0.2, 0.25) is 5.02 Å². The second kappa shape index (κ2) is 6.40. The molecule has 1 aromatic heterocycles. The van der Waals surface area contributed by atoms with Crippen molar-refractivity contribution in [3.05, 3.63) is 59.0 Å². The van der Waals surface area contributed by atoms with E-state index in [1.54, 1.807) is 36.4 Å². The van der Waals surface area contributed by atoms with E-state index >= 15 is 0 Å². The lowest BCUT2D eigenvalue weighted by atomic mass is 10.0. The first-order valence-corrected chi connectivity index (χ1v) is 7.54. The molecule has 0 unspecified atom stereocenters. The van der Waals surface area contributed by atoms with Gasteiger partial charge in [-0.25, -0.2) is 4.39 Å². The second-order valence-electron chi connectivity index (χ2n) is 5.09. The van der Waals surface area contributed by atoms with E-state index in [2.05, 4.69) is 10.3 Å². The van der Waals surface area contributed by atoms with Gasteiger partial charge < -0.3 is 16.0 Å². The van der Waals surface area contributed by atoms with Crippen molar-refractivity contribution in [2.45, 2.75) is 0 Å². The third-order valence-electron chi connectivity index (χ3n) is 3.56. The number of carbonyl (C=O) groups is 1. The topological polar surface area (TPSA) is 70.9 Å². The molecule has 0 aliphatic heterocycles. The van der Waals surface area contributed by atoms with Gasteiger partial charge in [0.1, 0.15) is 11.5 Å². The van der Waals surface area contributed by atoms with E-state index in [4.69, 9.17) is 17.3 Å². The Balaban J connectivity index is 2.25. The van der Waals surface area contributed by atoms with Gasteiger partial charge in [-0.1, -0.05) is 29.8 Å². The van der Waals surface area contributed by atoms with Crippen LogP contribution in [0.4, 0.5) is 4.39 Å². The molecule has 0 spiro atoms. The van der Waals surface area contributed by atoms with Gasteiger partial charge in [-0.05, 0) is 24.3 Å². The van der Waals surface area contributed by atoms with Gasteiger partial charge in [-0.2, -0.15) is 0 Å². The maximum atomic E-state index is 14.3. The number of rotatable bonds is 4. The molecular weight excluding hydrogens is 317 g/mol. The largest absolute Gasteiger partial charge is 0.350 e. The normalized spacial score (nSPS) is 10.9. The fourth-order valence-electron chi connectivity index (χ4n) is 2.55. The molecule has 0 radical (unpaired) electrons. The van der Waals surface area contributed by atoms with Gasteiger partial charge in [-0.15, -0.1) is 0 Å². The van der Waals surface area contributed by atoms with Crippen LogP contribution in [0.3, 0.4) is 0 Å².